The molecule has 2 rings (SSSR count). The third kappa shape index (κ3) is 3.48. The first kappa shape index (κ1) is 13.9. The van der Waals surface area contributed by atoms with Gasteiger partial charge in [0, 0.05) is 17.8 Å². The molecule has 100 valence electrons. The van der Waals surface area contributed by atoms with E-state index in [1.807, 2.05) is 6.07 Å². The SMILES string of the molecule is Cc1ccc(C(C)(C)C)c(Oc2ccc(Cl)cn2)c1. The van der Waals surface area contributed by atoms with Crippen LogP contribution in [-0.2, 0) is 5.41 Å². The number of hydrogen-bond donors (Lipinski definition) is 0. The zero-order valence-corrected chi connectivity index (χ0v) is 12.5. The van der Waals surface area contributed by atoms with Crippen molar-refractivity contribution in [3.8, 4) is 11.6 Å². The molecule has 1 heterocycles. The van der Waals surface area contributed by atoms with Crippen molar-refractivity contribution in [2.45, 2.75) is 33.1 Å². The minimum absolute atomic E-state index is 0.0233. The second-order valence-corrected chi connectivity index (χ2v) is 6.10. The van der Waals surface area contributed by atoms with E-state index in [2.05, 4.69) is 44.8 Å². The van der Waals surface area contributed by atoms with Crippen molar-refractivity contribution < 1.29 is 4.74 Å². The zero-order chi connectivity index (χ0) is 14.0. The monoisotopic (exact) mass is 275 g/mol. The van der Waals surface area contributed by atoms with Gasteiger partial charge in [0.05, 0.1) is 5.02 Å². The van der Waals surface area contributed by atoms with Crippen LogP contribution in [-0.4, -0.2) is 4.98 Å². The summed E-state index contributed by atoms with van der Waals surface area (Å²) in [6.45, 7) is 8.55. The van der Waals surface area contributed by atoms with E-state index in [-0.39, 0.29) is 5.41 Å². The van der Waals surface area contributed by atoms with Gasteiger partial charge in [0.2, 0.25) is 5.88 Å². The first-order chi connectivity index (χ1) is 8.86. The summed E-state index contributed by atoms with van der Waals surface area (Å²) >= 11 is 5.83. The molecule has 0 radical (unpaired) electrons. The van der Waals surface area contributed by atoms with Crippen LogP contribution in [0.3, 0.4) is 0 Å². The molecule has 0 N–H and O–H groups in total. The average molecular weight is 276 g/mol. The van der Waals surface area contributed by atoms with E-state index in [4.69, 9.17) is 16.3 Å². The maximum absolute atomic E-state index is 5.90. The Labute approximate surface area is 119 Å². The van der Waals surface area contributed by atoms with Crippen LogP contribution >= 0.6 is 11.6 Å². The van der Waals surface area contributed by atoms with Gasteiger partial charge in [-0.05, 0) is 30.0 Å². The van der Waals surface area contributed by atoms with E-state index in [1.54, 1.807) is 18.3 Å². The summed E-state index contributed by atoms with van der Waals surface area (Å²) in [7, 11) is 0. The maximum Gasteiger partial charge on any atom is 0.219 e. The third-order valence-corrected chi connectivity index (χ3v) is 3.08. The van der Waals surface area contributed by atoms with Gasteiger partial charge >= 0.3 is 0 Å². The van der Waals surface area contributed by atoms with Crippen molar-refractivity contribution in [1.29, 1.82) is 0 Å². The second kappa shape index (κ2) is 5.22. The summed E-state index contributed by atoms with van der Waals surface area (Å²) in [5, 5.41) is 0.604. The van der Waals surface area contributed by atoms with Crippen LogP contribution in [0.5, 0.6) is 11.6 Å². The molecule has 0 aliphatic carbocycles. The van der Waals surface area contributed by atoms with Crippen LogP contribution in [0.4, 0.5) is 0 Å². The Bertz CT molecular complexity index is 570. The molecule has 2 aromatic rings. The first-order valence-corrected chi connectivity index (χ1v) is 6.64. The van der Waals surface area contributed by atoms with Gasteiger partial charge in [0.15, 0.2) is 0 Å². The fraction of sp³-hybridized carbons (Fsp3) is 0.312. The number of rotatable bonds is 2. The highest BCUT2D eigenvalue weighted by Gasteiger charge is 2.19. The van der Waals surface area contributed by atoms with Crippen LogP contribution in [0.25, 0.3) is 0 Å². The van der Waals surface area contributed by atoms with Crippen LogP contribution in [0.15, 0.2) is 36.5 Å². The van der Waals surface area contributed by atoms with E-state index >= 15 is 0 Å². The molecule has 0 aliphatic heterocycles. The van der Waals surface area contributed by atoms with Gasteiger partial charge in [-0.1, -0.05) is 44.5 Å². The highest BCUT2D eigenvalue weighted by molar-refractivity contribution is 6.30. The summed E-state index contributed by atoms with van der Waals surface area (Å²) in [5.41, 5.74) is 2.35. The minimum atomic E-state index is 0.0233. The lowest BCUT2D eigenvalue weighted by Crippen LogP contribution is -2.12. The fourth-order valence-corrected chi connectivity index (χ4v) is 1.98. The number of benzene rings is 1. The molecular weight excluding hydrogens is 258 g/mol. The molecule has 0 amide bonds. The molecule has 0 unspecified atom stereocenters. The van der Waals surface area contributed by atoms with Gasteiger partial charge in [-0.15, -0.1) is 0 Å². The highest BCUT2D eigenvalue weighted by Crippen LogP contribution is 2.34. The molecule has 0 spiro atoms. The summed E-state index contributed by atoms with van der Waals surface area (Å²) in [6, 6.07) is 9.80. The molecule has 1 aromatic heterocycles. The topological polar surface area (TPSA) is 22.1 Å². The van der Waals surface area contributed by atoms with Gasteiger partial charge in [0.25, 0.3) is 0 Å². The number of hydrogen-bond acceptors (Lipinski definition) is 2. The van der Waals surface area contributed by atoms with Crippen molar-refractivity contribution in [2.75, 3.05) is 0 Å². The van der Waals surface area contributed by atoms with E-state index < -0.39 is 0 Å². The Kier molecular flexibility index (Phi) is 3.81. The smallest absolute Gasteiger partial charge is 0.219 e. The van der Waals surface area contributed by atoms with Gasteiger partial charge in [-0.25, -0.2) is 4.98 Å². The molecule has 3 heteroatoms. The summed E-state index contributed by atoms with van der Waals surface area (Å²) < 4.78 is 5.90. The quantitative estimate of drug-likeness (QED) is 0.758. The Morgan fingerprint density at radius 3 is 2.42 bits per heavy atom. The summed E-state index contributed by atoms with van der Waals surface area (Å²) in [6.07, 6.45) is 1.59. The summed E-state index contributed by atoms with van der Waals surface area (Å²) in [4.78, 5) is 4.17. The van der Waals surface area contributed by atoms with Crippen molar-refractivity contribution in [3.63, 3.8) is 0 Å². The largest absolute Gasteiger partial charge is 0.439 e. The van der Waals surface area contributed by atoms with Crippen LogP contribution in [0, 0.1) is 6.92 Å². The zero-order valence-electron chi connectivity index (χ0n) is 11.7. The number of pyridine rings is 1. The number of aryl methyl sites for hydroxylation is 1. The van der Waals surface area contributed by atoms with Gasteiger partial charge in [-0.2, -0.15) is 0 Å². The molecule has 0 fully saturated rings. The molecular formula is C16H18ClNO. The number of nitrogens with zero attached hydrogens (tertiary/aromatic N) is 1. The van der Waals surface area contributed by atoms with Crippen LogP contribution in [0.2, 0.25) is 5.02 Å². The van der Waals surface area contributed by atoms with Gasteiger partial charge in [-0.3, -0.25) is 0 Å². The minimum Gasteiger partial charge on any atom is -0.439 e. The van der Waals surface area contributed by atoms with E-state index in [1.165, 1.54) is 0 Å². The predicted octanol–water partition coefficient (Wildman–Crippen LogP) is 5.13. The molecule has 0 aliphatic rings. The average Bonchev–Trinajstić information content (AvgIpc) is 2.30. The van der Waals surface area contributed by atoms with Crippen molar-refractivity contribution in [1.82, 2.24) is 4.98 Å². The lowest BCUT2D eigenvalue weighted by Gasteiger charge is -2.22. The normalized spacial score (nSPS) is 11.4. The predicted molar refractivity (Wildman–Crippen MR) is 79.2 cm³/mol. The molecule has 19 heavy (non-hydrogen) atoms. The molecule has 0 atom stereocenters. The first-order valence-electron chi connectivity index (χ1n) is 6.27. The number of ether oxygens (including phenoxy) is 1. The van der Waals surface area contributed by atoms with Crippen LogP contribution in [0.1, 0.15) is 31.9 Å². The van der Waals surface area contributed by atoms with Crippen molar-refractivity contribution in [2.24, 2.45) is 0 Å². The van der Waals surface area contributed by atoms with E-state index in [9.17, 15) is 0 Å². The Morgan fingerprint density at radius 2 is 1.84 bits per heavy atom. The van der Waals surface area contributed by atoms with E-state index in [0.717, 1.165) is 16.9 Å². The standard InChI is InChI=1S/C16H18ClNO/c1-11-5-7-13(16(2,3)4)14(9-11)19-15-8-6-12(17)10-18-15/h5-10H,1-4H3. The number of halogens is 1. The second-order valence-electron chi connectivity index (χ2n) is 5.67. The van der Waals surface area contributed by atoms with Gasteiger partial charge in [0.1, 0.15) is 5.75 Å². The molecule has 0 bridgehead atoms. The lowest BCUT2D eigenvalue weighted by molar-refractivity contribution is 0.439. The Hall–Kier alpha value is -1.54. The fourth-order valence-electron chi connectivity index (χ4n) is 1.87. The van der Waals surface area contributed by atoms with Gasteiger partial charge < -0.3 is 4.74 Å². The van der Waals surface area contributed by atoms with Crippen molar-refractivity contribution >= 4 is 11.6 Å². The third-order valence-electron chi connectivity index (χ3n) is 2.86. The molecule has 0 saturated carbocycles. The number of aromatic nitrogens is 1. The lowest BCUT2D eigenvalue weighted by atomic mass is 9.86. The molecule has 0 saturated heterocycles. The van der Waals surface area contributed by atoms with Crippen molar-refractivity contribution in [3.05, 3.63) is 52.7 Å². The summed E-state index contributed by atoms with van der Waals surface area (Å²) in [5.74, 6) is 1.41. The maximum atomic E-state index is 5.90. The Morgan fingerprint density at radius 1 is 1.11 bits per heavy atom. The highest BCUT2D eigenvalue weighted by atomic mass is 35.5. The molecule has 2 nitrogen and oxygen atoms in total. The van der Waals surface area contributed by atoms with E-state index in [0.29, 0.717) is 10.9 Å². The Balaban J connectivity index is 2.38. The van der Waals surface area contributed by atoms with Crippen LogP contribution < -0.4 is 4.74 Å². The molecule has 1 aromatic carbocycles.